The Labute approximate surface area is 80.7 Å². The van der Waals surface area contributed by atoms with Crippen LogP contribution in [0.15, 0.2) is 29.6 Å². The second kappa shape index (κ2) is 2.77. The van der Waals surface area contributed by atoms with E-state index in [4.69, 9.17) is 0 Å². The van der Waals surface area contributed by atoms with Gasteiger partial charge in [0, 0.05) is 23.4 Å². The van der Waals surface area contributed by atoms with Crippen molar-refractivity contribution in [2.45, 2.75) is 0 Å². The predicted molar refractivity (Wildman–Crippen MR) is 55.6 cm³/mol. The number of benzene rings is 1. The van der Waals surface area contributed by atoms with Crippen molar-refractivity contribution < 1.29 is 0 Å². The van der Waals surface area contributed by atoms with E-state index >= 15 is 0 Å². The van der Waals surface area contributed by atoms with Gasteiger partial charge in [0.2, 0.25) is 0 Å². The molecular formula is C10H8N4. The van der Waals surface area contributed by atoms with Gasteiger partial charge in [-0.25, -0.2) is 9.97 Å². The second-order valence-electron chi connectivity index (χ2n) is 3.13. The summed E-state index contributed by atoms with van der Waals surface area (Å²) in [7, 11) is 0. The molecule has 1 aliphatic heterocycles. The van der Waals surface area contributed by atoms with E-state index in [1.807, 2.05) is 24.5 Å². The molecular weight excluding hydrogens is 176 g/mol. The Morgan fingerprint density at radius 2 is 2.29 bits per heavy atom. The van der Waals surface area contributed by atoms with Gasteiger partial charge in [-0.15, -0.1) is 0 Å². The molecule has 1 aliphatic rings. The monoisotopic (exact) mass is 184 g/mol. The van der Waals surface area contributed by atoms with Crippen LogP contribution in [0.25, 0.3) is 10.9 Å². The molecule has 2 aromatic rings. The highest BCUT2D eigenvalue weighted by molar-refractivity contribution is 6.02. The van der Waals surface area contributed by atoms with Gasteiger partial charge in [-0.05, 0) is 12.1 Å². The summed E-state index contributed by atoms with van der Waals surface area (Å²) in [5.41, 5.74) is 3.14. The highest BCUT2D eigenvalue weighted by Crippen LogP contribution is 2.25. The topological polar surface area (TPSA) is 50.2 Å². The number of anilines is 1. The number of hydrogen-bond donors (Lipinski definition) is 1. The van der Waals surface area contributed by atoms with Crippen LogP contribution in [-0.4, -0.2) is 22.9 Å². The number of nitrogens with zero attached hydrogens (tertiary/aromatic N) is 3. The lowest BCUT2D eigenvalue weighted by molar-refractivity contribution is 1.13. The molecule has 0 unspecified atom stereocenters. The van der Waals surface area contributed by atoms with Gasteiger partial charge in [0.25, 0.3) is 0 Å². The Morgan fingerprint density at radius 3 is 3.29 bits per heavy atom. The maximum absolute atomic E-state index is 4.19. The van der Waals surface area contributed by atoms with Crippen molar-refractivity contribution in [1.82, 2.24) is 9.97 Å². The van der Waals surface area contributed by atoms with Crippen molar-refractivity contribution in [2.75, 3.05) is 12.0 Å². The van der Waals surface area contributed by atoms with Crippen molar-refractivity contribution in [3.63, 3.8) is 0 Å². The number of aromatic nitrogens is 2. The average Bonchev–Trinajstić information content (AvgIpc) is 2.29. The minimum atomic E-state index is 0.626. The minimum Gasteiger partial charge on any atom is -0.365 e. The molecule has 0 fully saturated rings. The first kappa shape index (κ1) is 7.44. The molecule has 2 heterocycles. The second-order valence-corrected chi connectivity index (χ2v) is 3.13. The van der Waals surface area contributed by atoms with Gasteiger partial charge in [-0.1, -0.05) is 0 Å². The first-order chi connectivity index (χ1) is 6.95. The largest absolute Gasteiger partial charge is 0.365 e. The van der Waals surface area contributed by atoms with E-state index in [1.54, 1.807) is 6.33 Å². The van der Waals surface area contributed by atoms with Gasteiger partial charge in [0.1, 0.15) is 13.0 Å². The van der Waals surface area contributed by atoms with E-state index < -0.39 is 0 Å². The van der Waals surface area contributed by atoms with Crippen LogP contribution in [0, 0.1) is 0 Å². The predicted octanol–water partition coefficient (Wildman–Crippen LogP) is 1.43. The smallest absolute Gasteiger partial charge is 0.116 e. The average molecular weight is 184 g/mol. The number of hydrogen-bond acceptors (Lipinski definition) is 4. The van der Waals surface area contributed by atoms with Crippen LogP contribution >= 0.6 is 0 Å². The van der Waals surface area contributed by atoms with Crippen LogP contribution in [0.3, 0.4) is 0 Å². The van der Waals surface area contributed by atoms with E-state index in [0.717, 1.165) is 22.2 Å². The zero-order valence-corrected chi connectivity index (χ0v) is 7.44. The summed E-state index contributed by atoms with van der Waals surface area (Å²) < 4.78 is 0. The van der Waals surface area contributed by atoms with Gasteiger partial charge < -0.3 is 5.32 Å². The van der Waals surface area contributed by atoms with E-state index in [0.29, 0.717) is 6.67 Å². The highest BCUT2D eigenvalue weighted by atomic mass is 15.0. The third kappa shape index (κ3) is 0.970. The standard InChI is InChI=1S/C10H8N4/c1-2-9-8(4-12-5-13-9)10-7(1)3-11-6-14-10/h1-5,14H,6H2. The number of aliphatic imine (C=N–C) groups is 1. The molecule has 0 radical (unpaired) electrons. The van der Waals surface area contributed by atoms with Gasteiger partial charge in [-0.3, -0.25) is 4.99 Å². The number of fused-ring (bicyclic) bond motifs is 3. The van der Waals surface area contributed by atoms with Crippen LogP contribution < -0.4 is 5.32 Å². The Bertz CT molecular complexity index is 519. The van der Waals surface area contributed by atoms with Crippen LogP contribution in [0.1, 0.15) is 5.56 Å². The van der Waals surface area contributed by atoms with E-state index in [1.165, 1.54) is 0 Å². The van der Waals surface area contributed by atoms with Crippen LogP contribution in [-0.2, 0) is 0 Å². The summed E-state index contributed by atoms with van der Waals surface area (Å²) in [6.45, 7) is 0.626. The number of nitrogens with one attached hydrogen (secondary N) is 1. The molecule has 1 N–H and O–H groups in total. The Balaban J connectivity index is 2.41. The Morgan fingerprint density at radius 1 is 1.29 bits per heavy atom. The molecule has 0 amide bonds. The maximum Gasteiger partial charge on any atom is 0.116 e. The van der Waals surface area contributed by atoms with Crippen molar-refractivity contribution in [3.05, 3.63) is 30.2 Å². The fourth-order valence-electron chi connectivity index (χ4n) is 1.65. The lowest BCUT2D eigenvalue weighted by Gasteiger charge is -2.13. The Kier molecular flexibility index (Phi) is 1.47. The molecule has 0 saturated carbocycles. The molecule has 0 saturated heterocycles. The van der Waals surface area contributed by atoms with Gasteiger partial charge in [0.05, 0.1) is 11.2 Å². The van der Waals surface area contributed by atoms with E-state index in [2.05, 4.69) is 20.3 Å². The fraction of sp³-hybridized carbons (Fsp3) is 0.100. The van der Waals surface area contributed by atoms with E-state index in [9.17, 15) is 0 Å². The van der Waals surface area contributed by atoms with Crippen LogP contribution in [0.5, 0.6) is 0 Å². The summed E-state index contributed by atoms with van der Waals surface area (Å²) in [6, 6.07) is 4.00. The first-order valence-corrected chi connectivity index (χ1v) is 4.41. The van der Waals surface area contributed by atoms with E-state index in [-0.39, 0.29) is 0 Å². The van der Waals surface area contributed by atoms with Gasteiger partial charge >= 0.3 is 0 Å². The molecule has 0 spiro atoms. The lowest BCUT2D eigenvalue weighted by atomic mass is 10.1. The van der Waals surface area contributed by atoms with Crippen molar-refractivity contribution in [3.8, 4) is 0 Å². The summed E-state index contributed by atoms with van der Waals surface area (Å²) in [5.74, 6) is 0. The van der Waals surface area contributed by atoms with Crippen LogP contribution in [0.4, 0.5) is 5.69 Å². The first-order valence-electron chi connectivity index (χ1n) is 4.41. The molecule has 4 heteroatoms. The van der Waals surface area contributed by atoms with Crippen molar-refractivity contribution in [2.24, 2.45) is 4.99 Å². The highest BCUT2D eigenvalue weighted by Gasteiger charge is 2.08. The molecule has 1 aromatic heterocycles. The molecule has 0 bridgehead atoms. The summed E-state index contributed by atoms with van der Waals surface area (Å²) >= 11 is 0. The SMILES string of the molecule is C1=NCNc2c1ccc1ncncc21. The summed E-state index contributed by atoms with van der Waals surface area (Å²) in [5, 5.41) is 4.28. The van der Waals surface area contributed by atoms with Crippen molar-refractivity contribution in [1.29, 1.82) is 0 Å². The zero-order chi connectivity index (χ0) is 9.38. The van der Waals surface area contributed by atoms with Gasteiger partial charge in [-0.2, -0.15) is 0 Å². The van der Waals surface area contributed by atoms with Crippen LogP contribution in [0.2, 0.25) is 0 Å². The minimum absolute atomic E-state index is 0.626. The number of rotatable bonds is 0. The molecule has 0 aliphatic carbocycles. The Hall–Kier alpha value is -1.97. The summed E-state index contributed by atoms with van der Waals surface area (Å²) in [4.78, 5) is 12.4. The molecule has 1 aromatic carbocycles. The lowest BCUT2D eigenvalue weighted by Crippen LogP contribution is -2.08. The third-order valence-corrected chi connectivity index (χ3v) is 2.30. The summed E-state index contributed by atoms with van der Waals surface area (Å²) in [6.07, 6.45) is 5.26. The third-order valence-electron chi connectivity index (χ3n) is 2.30. The molecule has 14 heavy (non-hydrogen) atoms. The molecule has 3 rings (SSSR count). The molecule has 0 atom stereocenters. The normalized spacial score (nSPS) is 13.7. The zero-order valence-electron chi connectivity index (χ0n) is 7.44. The van der Waals surface area contributed by atoms with Crippen molar-refractivity contribution >= 4 is 22.8 Å². The molecule has 4 nitrogen and oxygen atoms in total. The molecule has 68 valence electrons. The van der Waals surface area contributed by atoms with Gasteiger partial charge in [0.15, 0.2) is 0 Å². The maximum atomic E-state index is 4.19. The fourth-order valence-corrected chi connectivity index (χ4v) is 1.65. The quantitative estimate of drug-likeness (QED) is 0.673.